The summed E-state index contributed by atoms with van der Waals surface area (Å²) < 4.78 is 4.50. The average molecular weight is 241 g/mol. The number of ether oxygens (including phenoxy) is 1. The molecule has 0 aromatic heterocycles. The summed E-state index contributed by atoms with van der Waals surface area (Å²) in [5.74, 6) is 5.18. The van der Waals surface area contributed by atoms with Crippen molar-refractivity contribution in [1.29, 1.82) is 5.26 Å². The first-order chi connectivity index (χ1) is 7.56. The molecule has 0 saturated heterocycles. The van der Waals surface area contributed by atoms with E-state index in [0.29, 0.717) is 5.17 Å². The molecule has 0 aromatic rings. The molecule has 0 saturated carbocycles. The van der Waals surface area contributed by atoms with Crippen LogP contribution in [0.3, 0.4) is 0 Å². The fourth-order valence-electron chi connectivity index (χ4n) is 1.18. The van der Waals surface area contributed by atoms with E-state index < -0.39 is 5.97 Å². The molecule has 1 aliphatic heterocycles. The second kappa shape index (κ2) is 4.87. The van der Waals surface area contributed by atoms with E-state index in [1.165, 1.54) is 28.9 Å². The zero-order valence-electron chi connectivity index (χ0n) is 9.09. The molecule has 0 amide bonds. The molecular weight excluding hydrogens is 230 g/mol. The first kappa shape index (κ1) is 12.4. The van der Waals surface area contributed by atoms with Gasteiger partial charge in [0.25, 0.3) is 0 Å². The van der Waals surface area contributed by atoms with Gasteiger partial charge in [0.15, 0.2) is 11.4 Å². The molecule has 0 spiro atoms. The molecule has 0 bridgehead atoms. The Balaban J connectivity index is 3.19. The van der Waals surface area contributed by atoms with E-state index in [9.17, 15) is 4.79 Å². The Morgan fingerprint density at radius 2 is 2.31 bits per heavy atom. The van der Waals surface area contributed by atoms with Crippen LogP contribution in [-0.4, -0.2) is 41.6 Å². The summed E-state index contributed by atoms with van der Waals surface area (Å²) in [6.45, 7) is 0. The average Bonchev–Trinajstić information content (AvgIpc) is 2.56. The number of nitrogens with two attached hydrogens (primary N) is 1. The highest BCUT2D eigenvalue weighted by molar-refractivity contribution is 8.13. The van der Waals surface area contributed by atoms with E-state index >= 15 is 0 Å². The van der Waals surface area contributed by atoms with Crippen LogP contribution in [0.25, 0.3) is 0 Å². The Bertz CT molecular complexity index is 411. The van der Waals surface area contributed by atoms with Gasteiger partial charge in [-0.1, -0.05) is 11.8 Å². The molecule has 8 heteroatoms. The van der Waals surface area contributed by atoms with Crippen molar-refractivity contribution >= 4 is 22.9 Å². The summed E-state index contributed by atoms with van der Waals surface area (Å²) in [4.78, 5) is 11.3. The molecule has 2 N–H and O–H groups in total. The lowest BCUT2D eigenvalue weighted by atomic mass is 10.3. The lowest BCUT2D eigenvalue weighted by molar-refractivity contribution is -0.135. The lowest BCUT2D eigenvalue weighted by Crippen LogP contribution is -2.35. The molecule has 0 aromatic carbocycles. The van der Waals surface area contributed by atoms with Crippen molar-refractivity contribution < 1.29 is 9.53 Å². The number of nitrogens with zero attached hydrogens (tertiary/aromatic N) is 4. The van der Waals surface area contributed by atoms with Crippen LogP contribution in [-0.2, 0) is 9.53 Å². The monoisotopic (exact) mass is 241 g/mol. The summed E-state index contributed by atoms with van der Waals surface area (Å²) >= 11 is 1.31. The minimum atomic E-state index is -0.739. The van der Waals surface area contributed by atoms with Gasteiger partial charge < -0.3 is 4.74 Å². The number of carbonyl (C=O) groups excluding carboxylic acids is 1. The van der Waals surface area contributed by atoms with Gasteiger partial charge in [-0.15, -0.1) is 5.10 Å². The fourth-order valence-corrected chi connectivity index (χ4v) is 1.67. The topological polar surface area (TPSA) is 94.9 Å². The van der Waals surface area contributed by atoms with Crippen molar-refractivity contribution in [3.63, 3.8) is 0 Å². The Labute approximate surface area is 97.1 Å². The quantitative estimate of drug-likeness (QED) is 0.290. The minimum Gasteiger partial charge on any atom is -0.465 e. The van der Waals surface area contributed by atoms with Gasteiger partial charge in [0, 0.05) is 7.05 Å². The molecule has 7 nitrogen and oxygen atoms in total. The Morgan fingerprint density at radius 3 is 2.69 bits per heavy atom. The molecule has 16 heavy (non-hydrogen) atoms. The maximum absolute atomic E-state index is 11.3. The van der Waals surface area contributed by atoms with E-state index in [1.54, 1.807) is 19.4 Å². The third-order valence-electron chi connectivity index (χ3n) is 1.88. The SMILES string of the molecule is COC(=O)/C(C#N)=C1\N(C)N=C(SC)N1N. The maximum atomic E-state index is 11.3. The summed E-state index contributed by atoms with van der Waals surface area (Å²) in [5.41, 5.74) is -0.180. The van der Waals surface area contributed by atoms with E-state index in [-0.39, 0.29) is 11.4 Å². The second-order valence-corrected chi connectivity index (χ2v) is 3.56. The summed E-state index contributed by atoms with van der Waals surface area (Å²) in [6, 6.07) is 1.76. The minimum absolute atomic E-state index is 0.180. The van der Waals surface area contributed by atoms with Crippen molar-refractivity contribution in [2.75, 3.05) is 20.4 Å². The summed E-state index contributed by atoms with van der Waals surface area (Å²) in [6.07, 6.45) is 1.79. The molecule has 0 radical (unpaired) electrons. The number of hydrogen-bond donors (Lipinski definition) is 1. The van der Waals surface area contributed by atoms with Crippen molar-refractivity contribution in [1.82, 2.24) is 10.0 Å². The number of thioether (sulfide) groups is 1. The summed E-state index contributed by atoms with van der Waals surface area (Å²) in [5, 5.41) is 16.0. The molecule has 1 aliphatic rings. The van der Waals surface area contributed by atoms with E-state index in [0.717, 1.165) is 0 Å². The Hall–Kier alpha value is -1.72. The van der Waals surface area contributed by atoms with Crippen molar-refractivity contribution in [2.24, 2.45) is 10.9 Å². The van der Waals surface area contributed by atoms with Crippen LogP contribution in [0, 0.1) is 11.3 Å². The van der Waals surface area contributed by atoms with Crippen molar-refractivity contribution in [3.8, 4) is 6.07 Å². The van der Waals surface area contributed by atoms with Crippen LogP contribution in [0.5, 0.6) is 0 Å². The van der Waals surface area contributed by atoms with Crippen molar-refractivity contribution in [2.45, 2.75) is 0 Å². The van der Waals surface area contributed by atoms with Gasteiger partial charge in [0.05, 0.1) is 7.11 Å². The fraction of sp³-hybridized carbons (Fsp3) is 0.375. The summed E-state index contributed by atoms with van der Waals surface area (Å²) in [7, 11) is 2.80. The predicted molar refractivity (Wildman–Crippen MR) is 59.4 cm³/mol. The number of rotatable bonds is 1. The number of hydrazine groups is 1. The zero-order chi connectivity index (χ0) is 12.3. The maximum Gasteiger partial charge on any atom is 0.352 e. The predicted octanol–water partition coefficient (Wildman–Crippen LogP) is -0.350. The first-order valence-electron chi connectivity index (χ1n) is 4.20. The van der Waals surface area contributed by atoms with Gasteiger partial charge in [0.1, 0.15) is 6.07 Å². The van der Waals surface area contributed by atoms with Gasteiger partial charge in [-0.2, -0.15) is 5.26 Å². The number of methoxy groups -OCH3 is 1. The van der Waals surface area contributed by atoms with Crippen LogP contribution in [0.15, 0.2) is 16.5 Å². The smallest absolute Gasteiger partial charge is 0.352 e. The number of hydrogen-bond acceptors (Lipinski definition) is 8. The molecule has 0 aliphatic carbocycles. The van der Waals surface area contributed by atoms with Gasteiger partial charge >= 0.3 is 5.97 Å². The van der Waals surface area contributed by atoms with Crippen LogP contribution in [0.4, 0.5) is 0 Å². The number of carbonyl (C=O) groups is 1. The number of amidine groups is 1. The molecule has 86 valence electrons. The van der Waals surface area contributed by atoms with Crippen LogP contribution < -0.4 is 5.84 Å². The molecule has 1 heterocycles. The Kier molecular flexibility index (Phi) is 3.76. The highest BCUT2D eigenvalue weighted by atomic mass is 32.2. The van der Waals surface area contributed by atoms with E-state index in [4.69, 9.17) is 11.1 Å². The van der Waals surface area contributed by atoms with E-state index in [1.807, 2.05) is 0 Å². The van der Waals surface area contributed by atoms with Gasteiger partial charge in [-0.05, 0) is 6.26 Å². The van der Waals surface area contributed by atoms with Gasteiger partial charge in [-0.25, -0.2) is 20.7 Å². The van der Waals surface area contributed by atoms with Gasteiger partial charge in [-0.3, -0.25) is 0 Å². The van der Waals surface area contributed by atoms with Crippen LogP contribution in [0.1, 0.15) is 0 Å². The van der Waals surface area contributed by atoms with Gasteiger partial charge in [0.2, 0.25) is 5.17 Å². The first-order valence-corrected chi connectivity index (χ1v) is 5.43. The molecule has 0 fully saturated rings. The lowest BCUT2D eigenvalue weighted by Gasteiger charge is -2.17. The highest BCUT2D eigenvalue weighted by Gasteiger charge is 2.30. The zero-order valence-corrected chi connectivity index (χ0v) is 9.91. The number of esters is 1. The number of hydrazone groups is 1. The second-order valence-electron chi connectivity index (χ2n) is 2.78. The van der Waals surface area contributed by atoms with Crippen molar-refractivity contribution in [3.05, 3.63) is 11.4 Å². The van der Waals surface area contributed by atoms with Crippen LogP contribution >= 0.6 is 11.8 Å². The Morgan fingerprint density at radius 1 is 1.69 bits per heavy atom. The highest BCUT2D eigenvalue weighted by Crippen LogP contribution is 2.23. The standard InChI is InChI=1S/C8H11N5O2S/c1-12-6(5(4-9)7(14)15-2)13(10)8(11-12)16-3/h10H2,1-3H3/b6-5+. The normalized spacial score (nSPS) is 18.1. The number of nitriles is 1. The largest absolute Gasteiger partial charge is 0.465 e. The third kappa shape index (κ3) is 1.95. The molecular formula is C8H11N5O2S. The third-order valence-corrected chi connectivity index (χ3v) is 2.53. The molecule has 0 atom stereocenters. The molecule has 1 rings (SSSR count). The molecule has 0 unspecified atom stereocenters. The van der Waals surface area contributed by atoms with Crippen LogP contribution in [0.2, 0.25) is 0 Å². The van der Waals surface area contributed by atoms with E-state index in [2.05, 4.69) is 9.84 Å².